The van der Waals surface area contributed by atoms with Crippen molar-refractivity contribution in [2.24, 2.45) is 7.05 Å². The van der Waals surface area contributed by atoms with Crippen LogP contribution < -0.4 is 0 Å². The highest BCUT2D eigenvalue weighted by Crippen LogP contribution is 2.31. The molecule has 0 bridgehead atoms. The number of hydrogen-bond donors (Lipinski definition) is 0. The molecule has 0 fully saturated rings. The summed E-state index contributed by atoms with van der Waals surface area (Å²) in [4.78, 5) is 4.82. The molecule has 0 N–H and O–H groups in total. The van der Waals surface area contributed by atoms with E-state index < -0.39 is 0 Å². The van der Waals surface area contributed by atoms with Gasteiger partial charge in [0, 0.05) is 13.1 Å². The minimum atomic E-state index is -0.0939. The fraction of sp³-hybridized carbons (Fsp3) is 0.733. The molecule has 21 heavy (non-hydrogen) atoms. The van der Waals surface area contributed by atoms with E-state index in [0.717, 1.165) is 47.7 Å². The largest absolute Gasteiger partial charge is 0.309 e. The zero-order valence-electron chi connectivity index (χ0n) is 13.6. The summed E-state index contributed by atoms with van der Waals surface area (Å²) in [5, 5.41) is 4.55. The van der Waals surface area contributed by atoms with Crippen molar-refractivity contribution in [1.29, 1.82) is 0 Å². The average Bonchev–Trinajstić information content (AvgIpc) is 2.96. The standard InChI is InChI=1S/C15H25ClN4S/c1-6-7-12-13-15(19(4)18-12)20(10(2)8-9-21-5)14(17-13)11(3)16/h10-11H,6-9H2,1-5H3. The van der Waals surface area contributed by atoms with Crippen molar-refractivity contribution in [3.05, 3.63) is 11.5 Å². The lowest BCUT2D eigenvalue weighted by Gasteiger charge is -2.18. The smallest absolute Gasteiger partial charge is 0.158 e. The second-order valence-corrected chi connectivity index (χ2v) is 7.22. The van der Waals surface area contributed by atoms with Crippen LogP contribution in [0.1, 0.15) is 56.6 Å². The van der Waals surface area contributed by atoms with Crippen LogP contribution in [0.15, 0.2) is 0 Å². The lowest BCUT2D eigenvalue weighted by Crippen LogP contribution is -2.13. The Morgan fingerprint density at radius 3 is 2.62 bits per heavy atom. The van der Waals surface area contributed by atoms with Gasteiger partial charge in [-0.3, -0.25) is 4.68 Å². The molecule has 118 valence electrons. The molecule has 0 aliphatic carbocycles. The lowest BCUT2D eigenvalue weighted by molar-refractivity contribution is 0.513. The maximum atomic E-state index is 6.38. The summed E-state index contributed by atoms with van der Waals surface area (Å²) in [6.07, 6.45) is 5.29. The fourth-order valence-corrected chi connectivity index (χ4v) is 3.49. The van der Waals surface area contributed by atoms with Crippen LogP contribution in [0.25, 0.3) is 11.2 Å². The van der Waals surface area contributed by atoms with Crippen molar-refractivity contribution < 1.29 is 0 Å². The molecule has 0 saturated heterocycles. The summed E-state index contributed by atoms with van der Waals surface area (Å²) in [5.41, 5.74) is 3.22. The van der Waals surface area contributed by atoms with Crippen LogP contribution >= 0.6 is 23.4 Å². The molecule has 0 spiro atoms. The van der Waals surface area contributed by atoms with Crippen LogP contribution in [-0.4, -0.2) is 31.3 Å². The predicted molar refractivity (Wildman–Crippen MR) is 92.5 cm³/mol. The normalized spacial score (nSPS) is 14.8. The number of aromatic nitrogens is 4. The monoisotopic (exact) mass is 328 g/mol. The molecule has 2 aromatic rings. The maximum absolute atomic E-state index is 6.38. The van der Waals surface area contributed by atoms with E-state index in [1.807, 2.05) is 30.4 Å². The highest BCUT2D eigenvalue weighted by molar-refractivity contribution is 7.98. The van der Waals surface area contributed by atoms with E-state index in [1.54, 1.807) is 0 Å². The van der Waals surface area contributed by atoms with Crippen LogP contribution in [0.2, 0.25) is 0 Å². The summed E-state index contributed by atoms with van der Waals surface area (Å²) in [6.45, 7) is 6.41. The first-order valence-corrected chi connectivity index (χ1v) is 9.40. The summed E-state index contributed by atoms with van der Waals surface area (Å²) < 4.78 is 4.25. The van der Waals surface area contributed by atoms with Gasteiger partial charge in [0.05, 0.1) is 11.1 Å². The molecule has 2 aromatic heterocycles. The number of aryl methyl sites for hydroxylation is 2. The van der Waals surface area contributed by atoms with Gasteiger partial charge in [0.1, 0.15) is 11.3 Å². The Labute approximate surface area is 136 Å². The second-order valence-electron chi connectivity index (χ2n) is 5.58. The Hall–Kier alpha value is -0.680. The Bertz CT molecular complexity index is 602. The summed E-state index contributed by atoms with van der Waals surface area (Å²) >= 11 is 8.25. The van der Waals surface area contributed by atoms with Gasteiger partial charge in [0.2, 0.25) is 0 Å². The predicted octanol–water partition coefficient (Wildman–Crippen LogP) is 4.34. The van der Waals surface area contributed by atoms with Crippen molar-refractivity contribution in [2.45, 2.75) is 51.5 Å². The van der Waals surface area contributed by atoms with Crippen molar-refractivity contribution in [3.63, 3.8) is 0 Å². The van der Waals surface area contributed by atoms with Crippen LogP contribution in [-0.2, 0) is 13.5 Å². The molecular formula is C15H25ClN4S. The zero-order valence-corrected chi connectivity index (χ0v) is 15.1. The first kappa shape index (κ1) is 16.7. The van der Waals surface area contributed by atoms with E-state index in [2.05, 4.69) is 29.8 Å². The molecule has 0 amide bonds. The van der Waals surface area contributed by atoms with Gasteiger partial charge in [0.15, 0.2) is 5.65 Å². The molecule has 0 aliphatic rings. The zero-order chi connectivity index (χ0) is 15.6. The van der Waals surface area contributed by atoms with Crippen LogP contribution in [0.4, 0.5) is 0 Å². The Morgan fingerprint density at radius 1 is 1.33 bits per heavy atom. The third kappa shape index (κ3) is 3.24. The van der Waals surface area contributed by atoms with Gasteiger partial charge in [-0.1, -0.05) is 13.3 Å². The molecule has 0 radical (unpaired) electrons. The van der Waals surface area contributed by atoms with E-state index >= 15 is 0 Å². The number of halogens is 1. The quantitative estimate of drug-likeness (QED) is 0.709. The first-order chi connectivity index (χ1) is 10.0. The van der Waals surface area contributed by atoms with E-state index in [9.17, 15) is 0 Å². The molecule has 2 unspecified atom stereocenters. The third-order valence-corrected chi connectivity index (χ3v) is 4.63. The van der Waals surface area contributed by atoms with Gasteiger partial charge in [-0.05, 0) is 38.7 Å². The van der Waals surface area contributed by atoms with Gasteiger partial charge in [-0.15, -0.1) is 11.6 Å². The molecule has 4 nitrogen and oxygen atoms in total. The van der Waals surface area contributed by atoms with Crippen LogP contribution in [0.5, 0.6) is 0 Å². The minimum Gasteiger partial charge on any atom is -0.309 e. The molecule has 0 saturated carbocycles. The van der Waals surface area contributed by atoms with Gasteiger partial charge in [0.25, 0.3) is 0 Å². The van der Waals surface area contributed by atoms with Gasteiger partial charge < -0.3 is 4.57 Å². The summed E-state index contributed by atoms with van der Waals surface area (Å²) in [7, 11) is 2.00. The molecular weight excluding hydrogens is 304 g/mol. The highest BCUT2D eigenvalue weighted by Gasteiger charge is 2.24. The van der Waals surface area contributed by atoms with E-state index in [-0.39, 0.29) is 5.38 Å². The number of thioether (sulfide) groups is 1. The SMILES string of the molecule is CCCc1nn(C)c2c1nc(C(C)Cl)n2C(C)CCSC. The number of alkyl halides is 1. The average molecular weight is 329 g/mol. The fourth-order valence-electron chi connectivity index (χ4n) is 2.76. The summed E-state index contributed by atoms with van der Waals surface area (Å²) in [6, 6.07) is 0.378. The van der Waals surface area contributed by atoms with Gasteiger partial charge in [-0.25, -0.2) is 4.98 Å². The van der Waals surface area contributed by atoms with Gasteiger partial charge >= 0.3 is 0 Å². The Morgan fingerprint density at radius 2 is 2.05 bits per heavy atom. The third-order valence-electron chi connectivity index (χ3n) is 3.79. The number of fused-ring (bicyclic) bond motifs is 1. The van der Waals surface area contributed by atoms with Crippen molar-refractivity contribution in [1.82, 2.24) is 19.3 Å². The molecule has 2 atom stereocenters. The lowest BCUT2D eigenvalue weighted by atomic mass is 10.2. The second kappa shape index (κ2) is 7.05. The topological polar surface area (TPSA) is 35.6 Å². The molecule has 6 heteroatoms. The van der Waals surface area contributed by atoms with Crippen LogP contribution in [0.3, 0.4) is 0 Å². The Kier molecular flexibility index (Phi) is 5.60. The van der Waals surface area contributed by atoms with Crippen molar-refractivity contribution in [3.8, 4) is 0 Å². The maximum Gasteiger partial charge on any atom is 0.158 e. The van der Waals surface area contributed by atoms with Crippen molar-refractivity contribution in [2.75, 3.05) is 12.0 Å². The molecule has 2 heterocycles. The molecule has 2 rings (SSSR count). The number of imidazole rings is 1. The highest BCUT2D eigenvalue weighted by atomic mass is 35.5. The Balaban J connectivity index is 2.56. The number of rotatable bonds is 7. The number of nitrogens with zero attached hydrogens (tertiary/aromatic N) is 4. The number of hydrogen-bond acceptors (Lipinski definition) is 3. The first-order valence-electron chi connectivity index (χ1n) is 7.57. The van der Waals surface area contributed by atoms with E-state index in [4.69, 9.17) is 16.6 Å². The van der Waals surface area contributed by atoms with Crippen LogP contribution in [0, 0.1) is 0 Å². The minimum absolute atomic E-state index is 0.0939. The molecule has 0 aliphatic heterocycles. The van der Waals surface area contributed by atoms with E-state index in [0.29, 0.717) is 6.04 Å². The van der Waals surface area contributed by atoms with Crippen molar-refractivity contribution >= 4 is 34.5 Å². The molecule has 0 aromatic carbocycles. The van der Waals surface area contributed by atoms with Gasteiger partial charge in [-0.2, -0.15) is 16.9 Å². The summed E-state index contributed by atoms with van der Waals surface area (Å²) in [5.74, 6) is 2.10. The van der Waals surface area contributed by atoms with E-state index in [1.165, 1.54) is 0 Å².